The zero-order valence-corrected chi connectivity index (χ0v) is 10.3. The van der Waals surface area contributed by atoms with Gasteiger partial charge in [-0.15, -0.1) is 12.4 Å². The van der Waals surface area contributed by atoms with Gasteiger partial charge in [0.05, 0.1) is 13.2 Å². The van der Waals surface area contributed by atoms with Crippen molar-refractivity contribution in [1.29, 1.82) is 0 Å². The molecular formula is C10H13ClFNO2S. The van der Waals surface area contributed by atoms with E-state index in [1.807, 2.05) is 0 Å². The number of nitrogens with two attached hydrogens (primary N) is 1. The molecule has 90 valence electrons. The van der Waals surface area contributed by atoms with E-state index in [0.29, 0.717) is 0 Å². The standard InChI is InChI=1S/C10H12FNO2S.ClH/c1-14-10(13)9(15)8(12)6-4-2-3-5-7(6)11;/h2-5,8-9,15H,12H2,1H3;1H/t8-,9?;/m0./s1. The molecule has 1 rings (SSSR count). The van der Waals surface area contributed by atoms with E-state index in [9.17, 15) is 9.18 Å². The summed E-state index contributed by atoms with van der Waals surface area (Å²) in [5.41, 5.74) is 5.95. The zero-order chi connectivity index (χ0) is 11.4. The smallest absolute Gasteiger partial charge is 0.320 e. The van der Waals surface area contributed by atoms with Crippen LogP contribution in [0.4, 0.5) is 4.39 Å². The summed E-state index contributed by atoms with van der Waals surface area (Å²) in [7, 11) is 1.24. The molecule has 1 aromatic rings. The van der Waals surface area contributed by atoms with Gasteiger partial charge in [-0.25, -0.2) is 4.39 Å². The van der Waals surface area contributed by atoms with Gasteiger partial charge in [0.1, 0.15) is 11.1 Å². The first kappa shape index (κ1) is 15.2. The Morgan fingerprint density at radius 1 is 1.50 bits per heavy atom. The van der Waals surface area contributed by atoms with Crippen molar-refractivity contribution in [3.8, 4) is 0 Å². The van der Waals surface area contributed by atoms with E-state index in [2.05, 4.69) is 17.4 Å². The van der Waals surface area contributed by atoms with Gasteiger partial charge in [-0.2, -0.15) is 12.6 Å². The van der Waals surface area contributed by atoms with Crippen molar-refractivity contribution >= 4 is 31.0 Å². The first-order valence-electron chi connectivity index (χ1n) is 4.34. The SMILES string of the molecule is COC(=O)C(S)[C@@H](N)c1ccccc1F.Cl. The lowest BCUT2D eigenvalue weighted by molar-refractivity contribution is -0.140. The lowest BCUT2D eigenvalue weighted by Crippen LogP contribution is -2.30. The van der Waals surface area contributed by atoms with Crippen LogP contribution in [0, 0.1) is 5.82 Å². The lowest BCUT2D eigenvalue weighted by Gasteiger charge is -2.17. The summed E-state index contributed by atoms with van der Waals surface area (Å²) in [6, 6.07) is 5.19. The van der Waals surface area contributed by atoms with E-state index in [1.54, 1.807) is 12.1 Å². The number of ether oxygens (including phenoxy) is 1. The number of hydrogen-bond donors (Lipinski definition) is 2. The summed E-state index contributed by atoms with van der Waals surface area (Å²) in [6.45, 7) is 0. The summed E-state index contributed by atoms with van der Waals surface area (Å²) >= 11 is 3.99. The molecule has 6 heteroatoms. The highest BCUT2D eigenvalue weighted by molar-refractivity contribution is 7.81. The molecule has 0 aromatic heterocycles. The lowest BCUT2D eigenvalue weighted by atomic mass is 10.0. The highest BCUT2D eigenvalue weighted by Crippen LogP contribution is 2.21. The van der Waals surface area contributed by atoms with Gasteiger partial charge in [0.15, 0.2) is 0 Å². The number of benzene rings is 1. The molecule has 3 nitrogen and oxygen atoms in total. The van der Waals surface area contributed by atoms with Crippen molar-refractivity contribution in [3.05, 3.63) is 35.6 Å². The molecule has 1 unspecified atom stereocenters. The van der Waals surface area contributed by atoms with Crippen LogP contribution in [0.15, 0.2) is 24.3 Å². The maximum Gasteiger partial charge on any atom is 0.320 e. The fourth-order valence-electron chi connectivity index (χ4n) is 1.18. The number of halogens is 2. The van der Waals surface area contributed by atoms with Crippen LogP contribution < -0.4 is 5.73 Å². The molecular weight excluding hydrogens is 253 g/mol. The Hall–Kier alpha value is -0.780. The quantitative estimate of drug-likeness (QED) is 0.646. The summed E-state index contributed by atoms with van der Waals surface area (Å²) in [5, 5.41) is -0.869. The van der Waals surface area contributed by atoms with Crippen molar-refractivity contribution in [2.45, 2.75) is 11.3 Å². The maximum atomic E-state index is 13.3. The Labute approximate surface area is 105 Å². The van der Waals surface area contributed by atoms with Crippen LogP contribution in [-0.4, -0.2) is 18.3 Å². The molecule has 0 saturated carbocycles. The topological polar surface area (TPSA) is 52.3 Å². The van der Waals surface area contributed by atoms with Gasteiger partial charge in [-0.3, -0.25) is 4.79 Å². The molecule has 0 fully saturated rings. The molecule has 16 heavy (non-hydrogen) atoms. The highest BCUT2D eigenvalue weighted by Gasteiger charge is 2.25. The molecule has 1 aromatic carbocycles. The van der Waals surface area contributed by atoms with E-state index in [4.69, 9.17) is 5.73 Å². The molecule has 0 bridgehead atoms. The second-order valence-corrected chi connectivity index (χ2v) is 3.57. The number of carbonyl (C=O) groups is 1. The predicted molar refractivity (Wildman–Crippen MR) is 65.4 cm³/mol. The van der Waals surface area contributed by atoms with E-state index >= 15 is 0 Å². The van der Waals surface area contributed by atoms with Crippen LogP contribution in [0.1, 0.15) is 11.6 Å². The second-order valence-electron chi connectivity index (χ2n) is 3.02. The number of methoxy groups -OCH3 is 1. The maximum absolute atomic E-state index is 13.3. The van der Waals surface area contributed by atoms with Crippen molar-refractivity contribution in [2.75, 3.05) is 7.11 Å². The largest absolute Gasteiger partial charge is 0.468 e. The molecule has 0 spiro atoms. The third-order valence-corrected chi connectivity index (χ3v) is 2.58. The fourth-order valence-corrected chi connectivity index (χ4v) is 1.45. The van der Waals surface area contributed by atoms with Crippen molar-refractivity contribution < 1.29 is 13.9 Å². The molecule has 2 atom stereocenters. The van der Waals surface area contributed by atoms with Crippen molar-refractivity contribution in [1.82, 2.24) is 0 Å². The molecule has 0 radical (unpaired) electrons. The minimum atomic E-state index is -0.869. The average molecular weight is 266 g/mol. The predicted octanol–water partition coefficient (Wildman–Crippen LogP) is 1.72. The van der Waals surface area contributed by atoms with Crippen LogP contribution in [-0.2, 0) is 9.53 Å². The Kier molecular flexibility index (Phi) is 6.40. The van der Waals surface area contributed by atoms with Gasteiger partial charge < -0.3 is 10.5 Å². The van der Waals surface area contributed by atoms with Crippen LogP contribution in [0.2, 0.25) is 0 Å². The van der Waals surface area contributed by atoms with Gasteiger partial charge in [0.25, 0.3) is 0 Å². The van der Waals surface area contributed by atoms with Crippen LogP contribution in [0.25, 0.3) is 0 Å². The van der Waals surface area contributed by atoms with Gasteiger partial charge in [-0.05, 0) is 6.07 Å². The fraction of sp³-hybridized carbons (Fsp3) is 0.300. The molecule has 2 N–H and O–H groups in total. The third kappa shape index (κ3) is 3.37. The van der Waals surface area contributed by atoms with E-state index in [1.165, 1.54) is 19.2 Å². The van der Waals surface area contributed by atoms with Gasteiger partial charge in [0.2, 0.25) is 0 Å². The molecule has 0 aliphatic heterocycles. The Balaban J connectivity index is 0.00000225. The number of carbonyl (C=O) groups excluding carboxylic acids is 1. The van der Waals surface area contributed by atoms with Crippen molar-refractivity contribution in [2.24, 2.45) is 5.73 Å². The third-order valence-electron chi connectivity index (χ3n) is 2.05. The summed E-state index contributed by atoms with van der Waals surface area (Å²) in [4.78, 5) is 11.1. The van der Waals surface area contributed by atoms with Crippen LogP contribution >= 0.6 is 25.0 Å². The molecule has 0 amide bonds. The Morgan fingerprint density at radius 3 is 2.56 bits per heavy atom. The molecule has 0 heterocycles. The molecule has 0 aliphatic rings. The minimum absolute atomic E-state index is 0. The Bertz CT molecular complexity index is 364. The number of hydrogen-bond acceptors (Lipinski definition) is 4. The van der Waals surface area contributed by atoms with E-state index in [0.717, 1.165) is 0 Å². The van der Waals surface area contributed by atoms with Gasteiger partial charge in [-0.1, -0.05) is 18.2 Å². The first-order chi connectivity index (χ1) is 7.07. The van der Waals surface area contributed by atoms with Crippen molar-refractivity contribution in [3.63, 3.8) is 0 Å². The van der Waals surface area contributed by atoms with E-state index in [-0.39, 0.29) is 18.0 Å². The van der Waals surface area contributed by atoms with Gasteiger partial charge >= 0.3 is 5.97 Å². The average Bonchev–Trinajstić information content (AvgIpc) is 2.26. The molecule has 0 saturated heterocycles. The normalized spacial score (nSPS) is 13.5. The van der Waals surface area contributed by atoms with Crippen LogP contribution in [0.5, 0.6) is 0 Å². The minimum Gasteiger partial charge on any atom is -0.468 e. The van der Waals surface area contributed by atoms with Gasteiger partial charge in [0, 0.05) is 5.56 Å². The number of rotatable bonds is 3. The number of thiol groups is 1. The van der Waals surface area contributed by atoms with Crippen LogP contribution in [0.3, 0.4) is 0 Å². The summed E-state index contributed by atoms with van der Waals surface area (Å²) in [5.74, 6) is -1.03. The first-order valence-corrected chi connectivity index (χ1v) is 4.85. The zero-order valence-electron chi connectivity index (χ0n) is 8.59. The molecule has 0 aliphatic carbocycles. The summed E-state index contributed by atoms with van der Waals surface area (Å²) < 4.78 is 17.8. The summed E-state index contributed by atoms with van der Waals surface area (Å²) in [6.07, 6.45) is 0. The monoisotopic (exact) mass is 265 g/mol. The number of esters is 1. The Morgan fingerprint density at radius 2 is 2.06 bits per heavy atom. The van der Waals surface area contributed by atoms with E-state index < -0.39 is 23.1 Å². The second kappa shape index (κ2) is 6.73. The highest BCUT2D eigenvalue weighted by atomic mass is 35.5.